The highest BCUT2D eigenvalue weighted by molar-refractivity contribution is 5.52. The highest BCUT2D eigenvalue weighted by atomic mass is 16.5. The number of nitrogens with one attached hydrogen (secondary N) is 1. The van der Waals surface area contributed by atoms with Crippen LogP contribution in [-0.2, 0) is 6.54 Å². The van der Waals surface area contributed by atoms with E-state index in [4.69, 9.17) is 4.74 Å². The molecule has 0 fully saturated rings. The van der Waals surface area contributed by atoms with Crippen molar-refractivity contribution < 1.29 is 4.74 Å². The first-order valence-electron chi connectivity index (χ1n) is 5.99. The van der Waals surface area contributed by atoms with Crippen LogP contribution in [0.25, 0.3) is 0 Å². The molecule has 0 saturated heterocycles. The summed E-state index contributed by atoms with van der Waals surface area (Å²) in [5.74, 6) is 0.628. The maximum Gasteiger partial charge on any atom is 0.237 e. The molecule has 2 aromatic rings. The van der Waals surface area contributed by atoms with Crippen LogP contribution in [-0.4, -0.2) is 12.1 Å². The smallest absolute Gasteiger partial charge is 0.237 e. The van der Waals surface area contributed by atoms with E-state index in [-0.39, 0.29) is 0 Å². The molecule has 0 aliphatic rings. The summed E-state index contributed by atoms with van der Waals surface area (Å²) in [5.41, 5.74) is 4.77. The zero-order chi connectivity index (χ0) is 13.0. The molecule has 0 unspecified atom stereocenters. The largest absolute Gasteiger partial charge is 0.480 e. The number of nitrogens with zero attached hydrogens (tertiary/aromatic N) is 1. The van der Waals surface area contributed by atoms with Crippen molar-refractivity contribution in [3.63, 3.8) is 0 Å². The van der Waals surface area contributed by atoms with Crippen LogP contribution >= 0.6 is 0 Å². The molecule has 0 spiro atoms. The second-order valence-electron chi connectivity index (χ2n) is 4.34. The Morgan fingerprint density at radius 3 is 2.83 bits per heavy atom. The average molecular weight is 242 g/mol. The van der Waals surface area contributed by atoms with E-state index in [2.05, 4.69) is 42.3 Å². The van der Waals surface area contributed by atoms with Gasteiger partial charge < -0.3 is 10.1 Å². The highest BCUT2D eigenvalue weighted by Crippen LogP contribution is 2.21. The Bertz CT molecular complexity index is 538. The molecule has 0 amide bonds. The van der Waals surface area contributed by atoms with Crippen molar-refractivity contribution in [1.82, 2.24) is 4.98 Å². The Morgan fingerprint density at radius 2 is 2.06 bits per heavy atom. The van der Waals surface area contributed by atoms with Crippen LogP contribution in [0.2, 0.25) is 0 Å². The van der Waals surface area contributed by atoms with Crippen molar-refractivity contribution >= 4 is 5.69 Å². The third-order valence-corrected chi connectivity index (χ3v) is 2.94. The summed E-state index contributed by atoms with van der Waals surface area (Å²) in [7, 11) is 1.63. The molecule has 0 aliphatic carbocycles. The lowest BCUT2D eigenvalue weighted by Gasteiger charge is -2.12. The van der Waals surface area contributed by atoms with Crippen LogP contribution in [0.3, 0.4) is 0 Å². The van der Waals surface area contributed by atoms with Gasteiger partial charge in [-0.15, -0.1) is 0 Å². The fourth-order valence-electron chi connectivity index (χ4n) is 1.87. The standard InChI is InChI=1S/C15H18N2O/c1-11-6-7-12(2)13(9-11)10-17-14-5-4-8-16-15(14)18-3/h4-9,17H,10H2,1-3H3. The van der Waals surface area contributed by atoms with Crippen molar-refractivity contribution in [3.05, 3.63) is 53.2 Å². The summed E-state index contributed by atoms with van der Waals surface area (Å²) >= 11 is 0. The Balaban J connectivity index is 2.14. The van der Waals surface area contributed by atoms with Crippen molar-refractivity contribution in [2.45, 2.75) is 20.4 Å². The summed E-state index contributed by atoms with van der Waals surface area (Å²) in [4.78, 5) is 4.16. The lowest BCUT2D eigenvalue weighted by molar-refractivity contribution is 0.399. The van der Waals surface area contributed by atoms with Crippen LogP contribution in [0, 0.1) is 13.8 Å². The number of anilines is 1. The SMILES string of the molecule is COc1ncccc1NCc1cc(C)ccc1C. The van der Waals surface area contributed by atoms with Crippen LogP contribution < -0.4 is 10.1 Å². The fourth-order valence-corrected chi connectivity index (χ4v) is 1.87. The van der Waals surface area contributed by atoms with E-state index in [1.54, 1.807) is 13.3 Å². The van der Waals surface area contributed by atoms with Crippen molar-refractivity contribution in [1.29, 1.82) is 0 Å². The molecule has 1 aromatic heterocycles. The number of methoxy groups -OCH3 is 1. The molecule has 1 aromatic carbocycles. The maximum atomic E-state index is 5.21. The molecule has 1 heterocycles. The second kappa shape index (κ2) is 5.54. The predicted octanol–water partition coefficient (Wildman–Crippen LogP) is 3.32. The lowest BCUT2D eigenvalue weighted by atomic mass is 10.1. The first-order chi connectivity index (χ1) is 8.70. The number of hydrogen-bond donors (Lipinski definition) is 1. The van der Waals surface area contributed by atoms with Gasteiger partial charge in [0.25, 0.3) is 0 Å². The van der Waals surface area contributed by atoms with Gasteiger partial charge in [-0.1, -0.05) is 23.8 Å². The summed E-state index contributed by atoms with van der Waals surface area (Å²) in [5, 5.41) is 3.36. The quantitative estimate of drug-likeness (QED) is 0.893. The van der Waals surface area contributed by atoms with Gasteiger partial charge in [0.05, 0.1) is 12.8 Å². The van der Waals surface area contributed by atoms with Gasteiger partial charge in [0.1, 0.15) is 0 Å². The van der Waals surface area contributed by atoms with Crippen LogP contribution in [0.5, 0.6) is 5.88 Å². The number of aryl methyl sites for hydroxylation is 2. The molecule has 2 rings (SSSR count). The fraction of sp³-hybridized carbons (Fsp3) is 0.267. The molecule has 3 heteroatoms. The summed E-state index contributed by atoms with van der Waals surface area (Å²) < 4.78 is 5.21. The maximum absolute atomic E-state index is 5.21. The molecule has 0 aliphatic heterocycles. The normalized spacial score (nSPS) is 10.2. The van der Waals surface area contributed by atoms with Gasteiger partial charge in [0, 0.05) is 12.7 Å². The van der Waals surface area contributed by atoms with Gasteiger partial charge in [-0.2, -0.15) is 0 Å². The molecule has 1 N–H and O–H groups in total. The summed E-state index contributed by atoms with van der Waals surface area (Å²) in [6.45, 7) is 5.00. The Hall–Kier alpha value is -2.03. The van der Waals surface area contributed by atoms with E-state index < -0.39 is 0 Å². The van der Waals surface area contributed by atoms with Crippen LogP contribution in [0.15, 0.2) is 36.5 Å². The zero-order valence-electron chi connectivity index (χ0n) is 11.0. The topological polar surface area (TPSA) is 34.1 Å². The second-order valence-corrected chi connectivity index (χ2v) is 4.34. The van der Waals surface area contributed by atoms with E-state index >= 15 is 0 Å². The summed E-state index contributed by atoms with van der Waals surface area (Å²) in [6, 6.07) is 10.3. The summed E-state index contributed by atoms with van der Waals surface area (Å²) in [6.07, 6.45) is 1.72. The highest BCUT2D eigenvalue weighted by Gasteiger charge is 2.04. The van der Waals surface area contributed by atoms with E-state index in [9.17, 15) is 0 Å². The number of benzene rings is 1. The number of rotatable bonds is 4. The molecule has 0 atom stereocenters. The number of ether oxygens (including phenoxy) is 1. The van der Waals surface area contributed by atoms with E-state index in [1.165, 1.54) is 16.7 Å². The third kappa shape index (κ3) is 2.80. The van der Waals surface area contributed by atoms with Gasteiger partial charge in [0.15, 0.2) is 0 Å². The number of hydrogen-bond acceptors (Lipinski definition) is 3. The van der Waals surface area contributed by atoms with Crippen molar-refractivity contribution in [2.24, 2.45) is 0 Å². The third-order valence-electron chi connectivity index (χ3n) is 2.94. The molecule has 0 saturated carbocycles. The van der Waals surface area contributed by atoms with Gasteiger partial charge >= 0.3 is 0 Å². The molecule has 94 valence electrons. The molecular weight excluding hydrogens is 224 g/mol. The Labute approximate surface area is 108 Å². The Kier molecular flexibility index (Phi) is 3.82. The van der Waals surface area contributed by atoms with Gasteiger partial charge in [-0.25, -0.2) is 4.98 Å². The molecular formula is C15H18N2O. The monoisotopic (exact) mass is 242 g/mol. The van der Waals surface area contributed by atoms with E-state index in [0.29, 0.717) is 5.88 Å². The molecule has 18 heavy (non-hydrogen) atoms. The van der Waals surface area contributed by atoms with Crippen LogP contribution in [0.4, 0.5) is 5.69 Å². The van der Waals surface area contributed by atoms with Crippen LogP contribution in [0.1, 0.15) is 16.7 Å². The average Bonchev–Trinajstić information content (AvgIpc) is 2.40. The molecule has 0 radical (unpaired) electrons. The Morgan fingerprint density at radius 1 is 1.22 bits per heavy atom. The first kappa shape index (κ1) is 12.4. The molecule has 0 bridgehead atoms. The van der Waals surface area contributed by atoms with Crippen molar-refractivity contribution in [2.75, 3.05) is 12.4 Å². The van der Waals surface area contributed by atoms with Crippen molar-refractivity contribution in [3.8, 4) is 5.88 Å². The lowest BCUT2D eigenvalue weighted by Crippen LogP contribution is -2.04. The minimum absolute atomic E-state index is 0.628. The number of pyridine rings is 1. The predicted molar refractivity (Wildman–Crippen MR) is 74.0 cm³/mol. The zero-order valence-corrected chi connectivity index (χ0v) is 11.0. The van der Waals surface area contributed by atoms with E-state index in [1.807, 2.05) is 12.1 Å². The first-order valence-corrected chi connectivity index (χ1v) is 5.99. The van der Waals surface area contributed by atoms with Gasteiger partial charge in [-0.05, 0) is 37.1 Å². The van der Waals surface area contributed by atoms with Gasteiger partial charge in [0.2, 0.25) is 5.88 Å². The van der Waals surface area contributed by atoms with E-state index in [0.717, 1.165) is 12.2 Å². The van der Waals surface area contributed by atoms with Gasteiger partial charge in [-0.3, -0.25) is 0 Å². The minimum Gasteiger partial charge on any atom is -0.480 e. The minimum atomic E-state index is 0.628. The number of aromatic nitrogens is 1. The molecule has 3 nitrogen and oxygen atoms in total.